The van der Waals surface area contributed by atoms with Crippen LogP contribution in [0.5, 0.6) is 0 Å². The van der Waals surface area contributed by atoms with Gasteiger partial charge in [-0.3, -0.25) is 9.97 Å². The van der Waals surface area contributed by atoms with Crippen LogP contribution in [0.25, 0.3) is 0 Å². The number of benzene rings is 2. The Balaban J connectivity index is 1.34. The van der Waals surface area contributed by atoms with E-state index in [0.29, 0.717) is 55.8 Å². The van der Waals surface area contributed by atoms with Gasteiger partial charge in [0.25, 0.3) is 0 Å². The van der Waals surface area contributed by atoms with E-state index in [1.165, 1.54) is 0 Å². The van der Waals surface area contributed by atoms with Gasteiger partial charge in [0.2, 0.25) is 5.95 Å². The van der Waals surface area contributed by atoms with Crippen LogP contribution in [0.1, 0.15) is 58.1 Å². The maximum Gasteiger partial charge on any atom is 0.333 e. The van der Waals surface area contributed by atoms with Crippen molar-refractivity contribution in [3.8, 4) is 0 Å². The van der Waals surface area contributed by atoms with Gasteiger partial charge in [-0.15, -0.1) is 0 Å². The zero-order valence-corrected chi connectivity index (χ0v) is 28.7. The zero-order valence-electron chi connectivity index (χ0n) is 28.7. The number of nitrogen functional groups attached to an aromatic ring is 3. The summed E-state index contributed by atoms with van der Waals surface area (Å²) in [6.07, 6.45) is 0.201. The predicted molar refractivity (Wildman–Crippen MR) is 189 cm³/mol. The first kappa shape index (κ1) is 38.9. The molecule has 1 unspecified atom stereocenters. The summed E-state index contributed by atoms with van der Waals surface area (Å²) in [4.78, 5) is 46.8. The van der Waals surface area contributed by atoms with Crippen molar-refractivity contribution in [1.29, 1.82) is 0 Å². The number of nitrogens with one attached hydrogen (secondary N) is 2. The fraction of sp³-hybridized carbons (Fsp3) is 0.441. The number of hydrogen-bond donors (Lipinski definition) is 7. The zero-order chi connectivity index (χ0) is 36.9. The molecule has 0 amide bonds. The maximum absolute atomic E-state index is 11.8. The number of H-pyrrole nitrogens is 2. The summed E-state index contributed by atoms with van der Waals surface area (Å²) < 4.78 is 23.6. The third kappa shape index (κ3) is 11.6. The van der Waals surface area contributed by atoms with Gasteiger partial charge in [0, 0.05) is 30.6 Å². The number of methoxy groups -OCH3 is 1. The predicted octanol–water partition coefficient (Wildman–Crippen LogP) is 0.273. The summed E-state index contributed by atoms with van der Waals surface area (Å²) >= 11 is 0. The molecular formula is C34H46N8O9. The van der Waals surface area contributed by atoms with E-state index in [1.54, 1.807) is 25.3 Å². The molecule has 51 heavy (non-hydrogen) atoms. The Hall–Kier alpha value is -4.91. The standard InChI is InChI=1S/C34H46N8O9/c1-20(18-48-2)25-13-22(3-7-49-9-5-27-28(35)38-31(37)39-29(27)36)12-24(16-25)19-51-30(44)26-14-21(11-23(15-26)17-43)4-8-50-10-6-42-33(46)40-32(45)41-34(42)47/h11-16,20,30,43-44H,3-10,17-19H2,1-2H3,(H6,35,36,37,38,39)(H2,40,41,45,46,47)/t20-,30?/m1/s1. The van der Waals surface area contributed by atoms with Crippen molar-refractivity contribution < 1.29 is 29.2 Å². The van der Waals surface area contributed by atoms with Gasteiger partial charge in [-0.1, -0.05) is 37.3 Å². The first-order valence-electron chi connectivity index (χ1n) is 16.4. The molecule has 0 aliphatic carbocycles. The van der Waals surface area contributed by atoms with E-state index in [4.69, 9.17) is 36.1 Å². The number of nitrogens with two attached hydrogens (primary N) is 3. The summed E-state index contributed by atoms with van der Waals surface area (Å²) in [5.74, 6) is 0.604. The summed E-state index contributed by atoms with van der Waals surface area (Å²) in [6.45, 7) is 3.50. The molecule has 4 aromatic rings. The minimum absolute atomic E-state index is 0.0221. The Morgan fingerprint density at radius 1 is 0.784 bits per heavy atom. The topological polar surface area (TPSA) is 269 Å². The molecule has 0 bridgehead atoms. The van der Waals surface area contributed by atoms with E-state index < -0.39 is 23.4 Å². The van der Waals surface area contributed by atoms with Crippen molar-refractivity contribution in [2.75, 3.05) is 57.3 Å². The van der Waals surface area contributed by atoms with Gasteiger partial charge in [0.15, 0.2) is 6.29 Å². The van der Waals surface area contributed by atoms with Crippen LogP contribution in [0.4, 0.5) is 17.6 Å². The Kier molecular flexibility index (Phi) is 14.4. The smallest absolute Gasteiger partial charge is 0.333 e. The fourth-order valence-electron chi connectivity index (χ4n) is 5.45. The lowest BCUT2D eigenvalue weighted by molar-refractivity contribution is -0.112. The SMILES string of the molecule is COC[C@@H](C)c1cc(CCOCCc2c(N)nc(N)nc2N)cc(COC(O)c2cc(CO)cc(CCOCCn3c(=O)[nH]c(=O)[nH]c3=O)c2)c1. The molecule has 2 atom stereocenters. The molecule has 2 heterocycles. The number of rotatable bonds is 20. The summed E-state index contributed by atoms with van der Waals surface area (Å²) in [6, 6.07) is 11.4. The van der Waals surface area contributed by atoms with Crippen molar-refractivity contribution in [3.63, 3.8) is 0 Å². The molecule has 2 aromatic carbocycles. The van der Waals surface area contributed by atoms with E-state index in [9.17, 15) is 24.6 Å². The van der Waals surface area contributed by atoms with Gasteiger partial charge in [-0.25, -0.2) is 19.0 Å². The lowest BCUT2D eigenvalue weighted by atomic mass is 9.96. The van der Waals surface area contributed by atoms with Crippen LogP contribution in [0, 0.1) is 0 Å². The van der Waals surface area contributed by atoms with Crippen molar-refractivity contribution in [2.24, 2.45) is 0 Å². The van der Waals surface area contributed by atoms with E-state index in [-0.39, 0.29) is 56.5 Å². The quantitative estimate of drug-likeness (QED) is 0.0480. The van der Waals surface area contributed by atoms with Gasteiger partial charge in [-0.05, 0) is 46.7 Å². The molecule has 0 aliphatic rings. The lowest BCUT2D eigenvalue weighted by Crippen LogP contribution is -2.43. The second kappa shape index (κ2) is 18.9. The first-order valence-corrected chi connectivity index (χ1v) is 16.4. The summed E-state index contributed by atoms with van der Waals surface area (Å²) in [5, 5.41) is 20.9. The van der Waals surface area contributed by atoms with E-state index in [1.807, 2.05) is 22.1 Å². The molecule has 0 spiro atoms. The fourth-order valence-corrected chi connectivity index (χ4v) is 5.45. The van der Waals surface area contributed by atoms with Crippen LogP contribution >= 0.6 is 0 Å². The van der Waals surface area contributed by atoms with E-state index in [0.717, 1.165) is 26.8 Å². The Labute approximate surface area is 293 Å². The Morgan fingerprint density at radius 3 is 1.96 bits per heavy atom. The molecule has 0 saturated heterocycles. The highest BCUT2D eigenvalue weighted by Gasteiger charge is 2.14. The number of aliphatic hydroxyl groups excluding tert-OH is 2. The van der Waals surface area contributed by atoms with Crippen molar-refractivity contribution >= 4 is 17.6 Å². The highest BCUT2D eigenvalue weighted by molar-refractivity contribution is 5.55. The number of nitrogens with zero attached hydrogens (tertiary/aromatic N) is 3. The molecule has 0 saturated carbocycles. The van der Waals surface area contributed by atoms with Gasteiger partial charge in [0.1, 0.15) is 11.6 Å². The maximum atomic E-state index is 11.8. The lowest BCUT2D eigenvalue weighted by Gasteiger charge is -2.18. The first-order chi connectivity index (χ1) is 24.5. The highest BCUT2D eigenvalue weighted by Crippen LogP contribution is 2.24. The number of aromatic amines is 2. The highest BCUT2D eigenvalue weighted by atomic mass is 16.6. The summed E-state index contributed by atoms with van der Waals surface area (Å²) in [5.41, 5.74) is 20.3. The molecule has 0 aliphatic heterocycles. The third-order valence-corrected chi connectivity index (χ3v) is 8.06. The molecule has 276 valence electrons. The van der Waals surface area contributed by atoms with Gasteiger partial charge in [-0.2, -0.15) is 9.97 Å². The second-order valence-corrected chi connectivity index (χ2v) is 12.0. The van der Waals surface area contributed by atoms with Crippen LogP contribution in [0.15, 0.2) is 50.8 Å². The van der Waals surface area contributed by atoms with Crippen LogP contribution < -0.4 is 34.3 Å². The molecule has 10 N–H and O–H groups in total. The third-order valence-electron chi connectivity index (χ3n) is 8.06. The number of anilines is 3. The molecule has 4 rings (SSSR count). The molecule has 17 heteroatoms. The minimum Gasteiger partial charge on any atom is -0.392 e. The molecule has 0 radical (unpaired) electrons. The molecule has 2 aromatic heterocycles. The van der Waals surface area contributed by atoms with Crippen LogP contribution in [0.3, 0.4) is 0 Å². The minimum atomic E-state index is -1.28. The average Bonchev–Trinajstić information content (AvgIpc) is 3.08. The number of hydrogen-bond acceptors (Lipinski definition) is 14. The summed E-state index contributed by atoms with van der Waals surface area (Å²) in [7, 11) is 1.65. The average molecular weight is 711 g/mol. The molecule has 17 nitrogen and oxygen atoms in total. The number of ether oxygens (including phenoxy) is 4. The van der Waals surface area contributed by atoms with Gasteiger partial charge < -0.3 is 46.4 Å². The van der Waals surface area contributed by atoms with E-state index >= 15 is 0 Å². The van der Waals surface area contributed by atoms with Crippen molar-refractivity contribution in [3.05, 3.63) is 107 Å². The Bertz CT molecular complexity index is 1870. The monoisotopic (exact) mass is 710 g/mol. The number of aliphatic hydroxyl groups is 2. The van der Waals surface area contributed by atoms with Gasteiger partial charge in [0.05, 0.1) is 52.8 Å². The molecular weight excluding hydrogens is 664 g/mol. The number of aromatic nitrogens is 5. The van der Waals surface area contributed by atoms with Crippen LogP contribution in [0.2, 0.25) is 0 Å². The van der Waals surface area contributed by atoms with E-state index in [2.05, 4.69) is 23.0 Å². The Morgan fingerprint density at radius 2 is 1.33 bits per heavy atom. The van der Waals surface area contributed by atoms with Crippen LogP contribution in [-0.4, -0.2) is 74.9 Å². The normalized spacial score (nSPS) is 12.6. The van der Waals surface area contributed by atoms with Gasteiger partial charge >= 0.3 is 17.1 Å². The largest absolute Gasteiger partial charge is 0.392 e. The second-order valence-electron chi connectivity index (χ2n) is 12.0. The van der Waals surface area contributed by atoms with Crippen molar-refractivity contribution in [2.45, 2.75) is 58.2 Å². The van der Waals surface area contributed by atoms with Crippen LogP contribution in [-0.2, 0) is 58.0 Å². The van der Waals surface area contributed by atoms with Crippen molar-refractivity contribution in [1.82, 2.24) is 24.5 Å². The molecule has 0 fully saturated rings.